The minimum atomic E-state index is -4.03. The number of rotatable bonds is 7. The van der Waals surface area contributed by atoms with E-state index in [4.69, 9.17) is 4.74 Å². The van der Waals surface area contributed by atoms with Crippen molar-refractivity contribution in [3.05, 3.63) is 64.2 Å². The number of aliphatic hydroxyl groups is 1. The van der Waals surface area contributed by atoms with Crippen molar-refractivity contribution in [3.63, 3.8) is 0 Å². The number of hydrogen-bond donors (Lipinski definition) is 2. The van der Waals surface area contributed by atoms with Crippen LogP contribution in [0, 0.1) is 40.3 Å². The summed E-state index contributed by atoms with van der Waals surface area (Å²) in [6, 6.07) is 3.00. The van der Waals surface area contributed by atoms with E-state index in [-0.39, 0.29) is 142 Å². The summed E-state index contributed by atoms with van der Waals surface area (Å²) in [4.78, 5) is 98.5. The zero-order valence-electron chi connectivity index (χ0n) is 46.5. The fraction of sp³-hybridized carbons (Fsp3) is 0.707. The van der Waals surface area contributed by atoms with Crippen molar-refractivity contribution in [3.8, 4) is 0 Å². The zero-order chi connectivity index (χ0) is 56.2. The smallest absolute Gasteiger partial charge is 0.545 e. The summed E-state index contributed by atoms with van der Waals surface area (Å²) in [6.45, 7) is 7.31. The van der Waals surface area contributed by atoms with Gasteiger partial charge >= 0.3 is 35.7 Å². The van der Waals surface area contributed by atoms with Gasteiger partial charge < -0.3 is 29.2 Å². The summed E-state index contributed by atoms with van der Waals surface area (Å²) >= 11 is 0. The van der Waals surface area contributed by atoms with Gasteiger partial charge in [0.05, 0.1) is 52.1 Å². The van der Waals surface area contributed by atoms with Gasteiger partial charge in [-0.15, -0.1) is 0 Å². The van der Waals surface area contributed by atoms with Gasteiger partial charge in [0, 0.05) is 61.6 Å². The van der Waals surface area contributed by atoms with E-state index in [0.717, 1.165) is 57.8 Å². The second-order valence-electron chi connectivity index (χ2n) is 24.7. The molecule has 1 aromatic rings. The summed E-state index contributed by atoms with van der Waals surface area (Å²) in [5, 5.41) is 10.2. The summed E-state index contributed by atoms with van der Waals surface area (Å²) in [7, 11) is -7.84. The van der Waals surface area contributed by atoms with Crippen LogP contribution in [0.25, 0.3) is 4.72 Å². The van der Waals surface area contributed by atoms with Crippen molar-refractivity contribution in [2.75, 3.05) is 13.1 Å². The molecule has 2 N–H and O–H groups in total. The van der Waals surface area contributed by atoms with Gasteiger partial charge in [-0.3, -0.25) is 33.6 Å². The van der Waals surface area contributed by atoms with Crippen LogP contribution >= 0.6 is 0 Å². The van der Waals surface area contributed by atoms with Crippen LogP contribution in [0.1, 0.15) is 175 Å². The first-order chi connectivity index (χ1) is 36.8. The first kappa shape index (κ1) is 63.6. The Morgan fingerprint density at radius 3 is 1.85 bits per heavy atom. The number of hydrogen-bond acceptors (Lipinski definition) is 13. The van der Waals surface area contributed by atoms with Crippen LogP contribution in [0.4, 0.5) is 9.18 Å². The summed E-state index contributed by atoms with van der Waals surface area (Å²) in [5.41, 5.74) is -1.23. The molecule has 10 atom stereocenters. The molecular weight excluding hydrogens is 1080 g/mol. The predicted octanol–water partition coefficient (Wildman–Crippen LogP) is 4.86. The van der Waals surface area contributed by atoms with Crippen LogP contribution in [0.2, 0.25) is 0 Å². The van der Waals surface area contributed by atoms with Gasteiger partial charge in [-0.1, -0.05) is 83.4 Å². The van der Waals surface area contributed by atoms with Crippen molar-refractivity contribution in [1.82, 2.24) is 19.4 Å². The van der Waals surface area contributed by atoms with Crippen LogP contribution in [-0.2, 0) is 66.6 Å². The third-order valence-electron chi connectivity index (χ3n) is 18.6. The maximum Gasteiger partial charge on any atom is 1.00 e. The molecule has 4 saturated carbocycles. The standard InChI is InChI=1S/C33H42FN3O7S.C24H36N2O6S.CH4.Na/c1-21-9-6-4-3-5-7-11-23-16-33(23,30(40)35-45(42,43)32(2)13-14-32)17-28(38)27-15-24(19-37(27)29(21)39)44-31(41)36-18-22-10-8-12-26(34)25(22)20-36;1-16-8-6-4-3-5-7-9-17-13-24(17,22(30)25-33(31,32)23(2)10-11-23)14-20(28)19-12-18(27)15-26(19)21(16)29;;/h7-8,10-12,21,23-24,27H,3-6,9,13-20H2,1-2H3,(H,35,40);7,9,16-19,27H,3-6,8,10-15H2,1-2H3,(H,25,30);1H4;/q;;;+1/p-1/b11-7-;9-7-;;/t21-,23+,24+,27-,33+;16-,17+,18+,19-,24+;;/m00../s1. The number of sulfonamides is 2. The predicted molar refractivity (Wildman–Crippen MR) is 292 cm³/mol. The SMILES string of the molecule is C.C[C@H]1CCCCC/C=C\[C@@H]2C[C@@]2(C(=O)NS(=O)(=O)C2(C)CC2)CC(=O)[C@@H]2C[C@@H](O)CN2C1=O.C[C@H]1CCCCC/C=C\[C@@H]2C[C@@]2(C(=O)[N-]S(=O)(=O)C2(C)CC2)CC(=O)[C@@H]2C[C@@H](OC(=O)N3Cc4cccc(F)c4C3)CN2C1=O.[Na+]. The number of carbonyl (C=O) groups is 7. The average molecular weight is 1160 g/mol. The van der Waals surface area contributed by atoms with Crippen molar-refractivity contribution in [2.24, 2.45) is 34.5 Å². The molecule has 0 radical (unpaired) electrons. The first-order valence-electron chi connectivity index (χ1n) is 28.3. The van der Waals surface area contributed by atoms with Gasteiger partial charge in [0.25, 0.3) is 0 Å². The Kier molecular flexibility index (Phi) is 19.6. The third-order valence-corrected chi connectivity index (χ3v) is 22.9. The Labute approximate surface area is 494 Å². The molecule has 2 saturated heterocycles. The fourth-order valence-corrected chi connectivity index (χ4v) is 14.8. The van der Waals surface area contributed by atoms with Crippen molar-refractivity contribution in [2.45, 2.75) is 210 Å². The zero-order valence-corrected chi connectivity index (χ0v) is 50.1. The topological polar surface area (TPSA) is 253 Å². The molecule has 6 fully saturated rings. The third kappa shape index (κ3) is 13.3. The van der Waals surface area contributed by atoms with Gasteiger partial charge in [-0.25, -0.2) is 26.0 Å². The molecule has 0 aromatic heterocycles. The van der Waals surface area contributed by atoms with Crippen LogP contribution in [0.3, 0.4) is 0 Å². The monoisotopic (exact) mass is 1160 g/mol. The molecule has 0 bridgehead atoms. The van der Waals surface area contributed by atoms with Gasteiger partial charge in [0.15, 0.2) is 11.6 Å². The van der Waals surface area contributed by atoms with Crippen LogP contribution < -0.4 is 34.3 Å². The Morgan fingerprint density at radius 1 is 0.738 bits per heavy atom. The van der Waals surface area contributed by atoms with E-state index in [9.17, 15) is 59.9 Å². The van der Waals surface area contributed by atoms with Gasteiger partial charge in [-0.2, -0.15) is 0 Å². The van der Waals surface area contributed by atoms with Gasteiger partial charge in [0.2, 0.25) is 27.7 Å². The average Bonchev–Trinajstić information content (AvgIpc) is 4.44. The fourth-order valence-electron chi connectivity index (χ4n) is 12.3. The minimum absolute atomic E-state index is 0. The maximum absolute atomic E-state index is 14.3. The van der Waals surface area contributed by atoms with E-state index in [1.54, 1.807) is 26.0 Å². The summed E-state index contributed by atoms with van der Waals surface area (Å²) < 4.78 is 75.3. The molecule has 1 aromatic carbocycles. The molecule has 0 spiro atoms. The quantitative estimate of drug-likeness (QED) is 0.274. The van der Waals surface area contributed by atoms with Gasteiger partial charge in [0.1, 0.15) is 21.9 Å². The Bertz CT molecular complexity index is 2880. The number of fused-ring (bicyclic) bond motifs is 5. The number of aliphatic hydroxyl groups excluding tert-OH is 1. The second kappa shape index (κ2) is 24.7. The molecule has 4 aliphatic carbocycles. The number of benzene rings is 1. The molecule has 22 heteroatoms. The van der Waals surface area contributed by atoms with Gasteiger partial charge in [-0.05, 0) is 114 Å². The van der Waals surface area contributed by atoms with E-state index in [1.807, 2.05) is 38.2 Å². The van der Waals surface area contributed by atoms with E-state index in [2.05, 4.69) is 9.44 Å². The number of ketones is 2. The van der Waals surface area contributed by atoms with Crippen LogP contribution in [0.5, 0.6) is 0 Å². The largest absolute Gasteiger partial charge is 1.00 e. The van der Waals surface area contributed by atoms with E-state index >= 15 is 0 Å². The molecular formula is C58H81FN5NaO13S2. The normalized spacial score (nSPS) is 33.6. The summed E-state index contributed by atoms with van der Waals surface area (Å²) in [6.07, 6.45) is 16.8. The van der Waals surface area contributed by atoms with E-state index in [1.165, 1.54) is 20.8 Å². The Hall–Kier alpha value is -4.02. The van der Waals surface area contributed by atoms with Crippen molar-refractivity contribution >= 4 is 61.3 Å². The number of Topliss-reactive ketones (excluding diaryl/α,β-unsaturated/α-hetero) is 2. The van der Waals surface area contributed by atoms with Crippen LogP contribution in [0.15, 0.2) is 42.5 Å². The summed E-state index contributed by atoms with van der Waals surface area (Å²) in [5.74, 6) is -3.89. The number of nitrogens with one attached hydrogen (secondary N) is 1. The van der Waals surface area contributed by atoms with Crippen molar-refractivity contribution in [1.29, 1.82) is 0 Å². The minimum Gasteiger partial charge on any atom is -0.545 e. The number of allylic oxidation sites excluding steroid dienone is 4. The molecule has 80 heavy (non-hydrogen) atoms. The van der Waals surface area contributed by atoms with E-state index < -0.39 is 82.6 Å². The van der Waals surface area contributed by atoms with Crippen LogP contribution in [-0.4, -0.2) is 125 Å². The number of nitrogens with zero attached hydrogens (tertiary/aromatic N) is 4. The molecule has 10 rings (SSSR count). The first-order valence-corrected chi connectivity index (χ1v) is 31.2. The van der Waals surface area contributed by atoms with E-state index in [0.29, 0.717) is 56.1 Å². The molecule has 5 heterocycles. The molecule has 5 aliphatic heterocycles. The second-order valence-corrected chi connectivity index (χ2v) is 29.1. The number of amides is 5. The molecule has 9 aliphatic rings. The molecule has 0 unspecified atom stereocenters. The Balaban J connectivity index is 0.000000236. The number of ether oxygens (including phenoxy) is 1. The number of halogens is 1. The maximum atomic E-state index is 14.3. The van der Waals surface area contributed by atoms with Crippen molar-refractivity contribution < 1.29 is 94.2 Å². The Morgan fingerprint density at radius 2 is 1.27 bits per heavy atom. The number of carbonyl (C=O) groups excluding carboxylic acids is 7. The molecule has 5 amide bonds. The molecule has 18 nitrogen and oxygen atoms in total. The molecule has 436 valence electrons.